The first kappa shape index (κ1) is 12.9. The predicted molar refractivity (Wildman–Crippen MR) is 76.8 cm³/mol. The van der Waals surface area contributed by atoms with Crippen LogP contribution in [-0.2, 0) is 0 Å². The van der Waals surface area contributed by atoms with E-state index < -0.39 is 0 Å². The van der Waals surface area contributed by atoms with E-state index in [1.165, 1.54) is 84.0 Å². The fraction of sp³-hybridized carbons (Fsp3) is 1.00. The Morgan fingerprint density at radius 2 is 1.67 bits per heavy atom. The van der Waals surface area contributed by atoms with Gasteiger partial charge in [0.1, 0.15) is 0 Å². The van der Waals surface area contributed by atoms with Gasteiger partial charge in [0.2, 0.25) is 0 Å². The summed E-state index contributed by atoms with van der Waals surface area (Å²) in [6.45, 7) is 5.37. The Morgan fingerprint density at radius 1 is 0.833 bits per heavy atom. The topological polar surface area (TPSA) is 15.3 Å². The van der Waals surface area contributed by atoms with Gasteiger partial charge >= 0.3 is 0 Å². The zero-order valence-corrected chi connectivity index (χ0v) is 11.9. The normalized spacial score (nSPS) is 31.7. The van der Waals surface area contributed by atoms with Crippen molar-refractivity contribution in [2.75, 3.05) is 26.2 Å². The number of nitrogens with zero attached hydrogens (tertiary/aromatic N) is 1. The molecule has 2 aliphatic carbocycles. The molecule has 18 heavy (non-hydrogen) atoms. The number of piperidine rings is 1. The minimum absolute atomic E-state index is 0.794. The van der Waals surface area contributed by atoms with E-state index in [1.807, 2.05) is 0 Å². The third-order valence-electron chi connectivity index (χ3n) is 5.14. The second-order valence-corrected chi connectivity index (χ2v) is 6.95. The Labute approximate surface area is 113 Å². The molecule has 2 saturated carbocycles. The van der Waals surface area contributed by atoms with Gasteiger partial charge in [0, 0.05) is 19.1 Å². The van der Waals surface area contributed by atoms with Gasteiger partial charge in [-0.2, -0.15) is 0 Å². The SMILES string of the molecule is C1CCC(CN2CCC[C@H](NCC3CC3)C2)CC1. The van der Waals surface area contributed by atoms with Gasteiger partial charge in [-0.3, -0.25) is 0 Å². The van der Waals surface area contributed by atoms with Crippen molar-refractivity contribution in [3.63, 3.8) is 0 Å². The van der Waals surface area contributed by atoms with Crippen LogP contribution in [0.15, 0.2) is 0 Å². The van der Waals surface area contributed by atoms with Crippen LogP contribution in [0.25, 0.3) is 0 Å². The van der Waals surface area contributed by atoms with Crippen molar-refractivity contribution in [2.45, 2.75) is 63.8 Å². The van der Waals surface area contributed by atoms with Crippen LogP contribution in [0.3, 0.4) is 0 Å². The second kappa shape index (κ2) is 6.38. The molecule has 1 N–H and O–H groups in total. The second-order valence-electron chi connectivity index (χ2n) is 6.95. The zero-order chi connectivity index (χ0) is 12.2. The van der Waals surface area contributed by atoms with Crippen LogP contribution in [0.1, 0.15) is 57.8 Å². The third-order valence-corrected chi connectivity index (χ3v) is 5.14. The number of likely N-dealkylation sites (tertiary alicyclic amines) is 1. The molecule has 0 aromatic heterocycles. The molecule has 104 valence electrons. The Balaban J connectivity index is 1.38. The first-order valence-corrected chi connectivity index (χ1v) is 8.36. The maximum Gasteiger partial charge on any atom is 0.0195 e. The van der Waals surface area contributed by atoms with E-state index in [0.717, 1.165) is 17.9 Å². The molecule has 0 spiro atoms. The Hall–Kier alpha value is -0.0800. The first-order chi connectivity index (χ1) is 8.90. The van der Waals surface area contributed by atoms with Crippen LogP contribution in [0, 0.1) is 11.8 Å². The first-order valence-electron chi connectivity index (χ1n) is 8.36. The highest BCUT2D eigenvalue weighted by molar-refractivity contribution is 4.83. The molecule has 0 amide bonds. The summed E-state index contributed by atoms with van der Waals surface area (Å²) in [5.74, 6) is 2.04. The van der Waals surface area contributed by atoms with Crippen LogP contribution in [0.5, 0.6) is 0 Å². The molecule has 3 fully saturated rings. The molecule has 1 heterocycles. The number of hydrogen-bond donors (Lipinski definition) is 1. The summed E-state index contributed by atoms with van der Waals surface area (Å²) < 4.78 is 0. The highest BCUT2D eigenvalue weighted by Crippen LogP contribution is 2.28. The number of hydrogen-bond acceptors (Lipinski definition) is 2. The Bertz CT molecular complexity index is 243. The van der Waals surface area contributed by atoms with Crippen molar-refractivity contribution in [3.8, 4) is 0 Å². The van der Waals surface area contributed by atoms with Crippen molar-refractivity contribution >= 4 is 0 Å². The minimum atomic E-state index is 0.794. The standard InChI is InChI=1S/C16H30N2/c1-2-5-15(6-3-1)12-18-10-4-7-16(13-18)17-11-14-8-9-14/h14-17H,1-13H2/t16-/m0/s1. The van der Waals surface area contributed by atoms with Crippen molar-refractivity contribution in [1.82, 2.24) is 10.2 Å². The smallest absolute Gasteiger partial charge is 0.0195 e. The summed E-state index contributed by atoms with van der Waals surface area (Å²) in [4.78, 5) is 2.75. The average Bonchev–Trinajstić information content (AvgIpc) is 3.22. The molecule has 0 aromatic rings. The van der Waals surface area contributed by atoms with Crippen molar-refractivity contribution in [1.29, 1.82) is 0 Å². The van der Waals surface area contributed by atoms with Gasteiger partial charge in [-0.05, 0) is 63.5 Å². The highest BCUT2D eigenvalue weighted by atomic mass is 15.2. The quantitative estimate of drug-likeness (QED) is 0.807. The van der Waals surface area contributed by atoms with Crippen LogP contribution in [-0.4, -0.2) is 37.1 Å². The molecule has 3 rings (SSSR count). The molecular formula is C16H30N2. The molecule has 0 bridgehead atoms. The maximum atomic E-state index is 3.81. The van der Waals surface area contributed by atoms with Gasteiger partial charge in [0.05, 0.1) is 0 Å². The van der Waals surface area contributed by atoms with Crippen molar-refractivity contribution in [2.24, 2.45) is 11.8 Å². The molecule has 0 aromatic carbocycles. The summed E-state index contributed by atoms with van der Waals surface area (Å²) in [6, 6.07) is 0.794. The van der Waals surface area contributed by atoms with E-state index in [0.29, 0.717) is 0 Å². The lowest BCUT2D eigenvalue weighted by atomic mass is 9.88. The monoisotopic (exact) mass is 250 g/mol. The van der Waals surface area contributed by atoms with E-state index >= 15 is 0 Å². The van der Waals surface area contributed by atoms with E-state index in [9.17, 15) is 0 Å². The minimum Gasteiger partial charge on any atom is -0.312 e. The molecule has 1 atom stereocenters. The Morgan fingerprint density at radius 3 is 2.44 bits per heavy atom. The summed E-state index contributed by atoms with van der Waals surface area (Å²) in [7, 11) is 0. The van der Waals surface area contributed by atoms with Crippen LogP contribution in [0.2, 0.25) is 0 Å². The predicted octanol–water partition coefficient (Wildman–Crippen LogP) is 3.03. The number of nitrogens with one attached hydrogen (secondary N) is 1. The third kappa shape index (κ3) is 3.96. The Kier molecular flexibility index (Phi) is 4.58. The molecule has 2 nitrogen and oxygen atoms in total. The molecule has 0 unspecified atom stereocenters. The zero-order valence-electron chi connectivity index (χ0n) is 11.9. The van der Waals surface area contributed by atoms with E-state index in [2.05, 4.69) is 10.2 Å². The van der Waals surface area contributed by atoms with E-state index in [1.54, 1.807) is 0 Å². The maximum absolute atomic E-state index is 3.81. The molecule has 1 aliphatic heterocycles. The van der Waals surface area contributed by atoms with Gasteiger partial charge in [0.15, 0.2) is 0 Å². The van der Waals surface area contributed by atoms with Gasteiger partial charge in [-0.15, -0.1) is 0 Å². The average molecular weight is 250 g/mol. The van der Waals surface area contributed by atoms with E-state index in [-0.39, 0.29) is 0 Å². The van der Waals surface area contributed by atoms with Crippen LogP contribution < -0.4 is 5.32 Å². The molecule has 0 radical (unpaired) electrons. The fourth-order valence-electron chi connectivity index (χ4n) is 3.78. The summed E-state index contributed by atoms with van der Waals surface area (Å²) >= 11 is 0. The van der Waals surface area contributed by atoms with Gasteiger partial charge in [0.25, 0.3) is 0 Å². The van der Waals surface area contributed by atoms with Crippen molar-refractivity contribution < 1.29 is 0 Å². The lowest BCUT2D eigenvalue weighted by Crippen LogP contribution is -2.47. The lowest BCUT2D eigenvalue weighted by molar-refractivity contribution is 0.149. The molecule has 2 heteroatoms. The van der Waals surface area contributed by atoms with E-state index in [4.69, 9.17) is 0 Å². The highest BCUT2D eigenvalue weighted by Gasteiger charge is 2.26. The number of rotatable bonds is 5. The molecular weight excluding hydrogens is 220 g/mol. The molecule has 3 aliphatic rings. The van der Waals surface area contributed by atoms with Crippen molar-refractivity contribution in [3.05, 3.63) is 0 Å². The lowest BCUT2D eigenvalue weighted by Gasteiger charge is -2.36. The fourth-order valence-corrected chi connectivity index (χ4v) is 3.78. The van der Waals surface area contributed by atoms with Gasteiger partial charge < -0.3 is 10.2 Å². The summed E-state index contributed by atoms with van der Waals surface area (Å²) in [5.41, 5.74) is 0. The van der Waals surface area contributed by atoms with Gasteiger partial charge in [-0.25, -0.2) is 0 Å². The molecule has 1 saturated heterocycles. The summed E-state index contributed by atoms with van der Waals surface area (Å²) in [6.07, 6.45) is 13.2. The summed E-state index contributed by atoms with van der Waals surface area (Å²) in [5, 5.41) is 3.81. The van der Waals surface area contributed by atoms with Gasteiger partial charge in [-0.1, -0.05) is 19.3 Å². The largest absolute Gasteiger partial charge is 0.312 e. The van der Waals surface area contributed by atoms with Crippen LogP contribution >= 0.6 is 0 Å². The van der Waals surface area contributed by atoms with Crippen LogP contribution in [0.4, 0.5) is 0 Å².